The summed E-state index contributed by atoms with van der Waals surface area (Å²) >= 11 is 0. The number of ketones is 2. The second kappa shape index (κ2) is 8.87. The second-order valence-electron chi connectivity index (χ2n) is 12.1. The number of rotatable bonds is 6. The van der Waals surface area contributed by atoms with E-state index < -0.39 is 0 Å². The number of hydrogen-bond acceptors (Lipinski definition) is 4. The molecule has 4 nitrogen and oxygen atoms in total. The zero-order valence-corrected chi connectivity index (χ0v) is 21.0. The third-order valence-corrected chi connectivity index (χ3v) is 10.8. The molecule has 0 aromatic heterocycles. The van der Waals surface area contributed by atoms with Crippen molar-refractivity contribution in [2.45, 2.75) is 98.8 Å². The van der Waals surface area contributed by atoms with Crippen molar-refractivity contribution in [3.63, 3.8) is 0 Å². The predicted molar refractivity (Wildman–Crippen MR) is 125 cm³/mol. The van der Waals surface area contributed by atoms with Gasteiger partial charge in [-0.2, -0.15) is 0 Å². The molecule has 9 atom stereocenters. The molecule has 0 heterocycles. The van der Waals surface area contributed by atoms with Gasteiger partial charge in [0, 0.05) is 31.1 Å². The molecular weight excluding hydrogens is 400 g/mol. The second-order valence-corrected chi connectivity index (χ2v) is 12.1. The molecule has 4 saturated carbocycles. The highest BCUT2D eigenvalue weighted by Gasteiger charge is 2.65. The lowest BCUT2D eigenvalue weighted by molar-refractivity contribution is -0.169. The third-order valence-electron chi connectivity index (χ3n) is 10.8. The van der Waals surface area contributed by atoms with Gasteiger partial charge >= 0.3 is 5.97 Å². The van der Waals surface area contributed by atoms with E-state index in [-0.39, 0.29) is 34.6 Å². The van der Waals surface area contributed by atoms with E-state index in [0.29, 0.717) is 61.1 Å². The fourth-order valence-electron chi connectivity index (χ4n) is 9.20. The van der Waals surface area contributed by atoms with Gasteiger partial charge in [-0.3, -0.25) is 14.4 Å². The molecular formula is C28H44O4. The van der Waals surface area contributed by atoms with Crippen LogP contribution >= 0.6 is 0 Å². The van der Waals surface area contributed by atoms with Crippen molar-refractivity contribution in [2.75, 3.05) is 6.61 Å². The van der Waals surface area contributed by atoms with E-state index in [1.807, 2.05) is 6.92 Å². The Morgan fingerprint density at radius 1 is 1.03 bits per heavy atom. The molecule has 0 amide bonds. The number of carbonyl (C=O) groups is 3. The van der Waals surface area contributed by atoms with Crippen molar-refractivity contribution >= 4 is 17.5 Å². The van der Waals surface area contributed by atoms with Crippen molar-refractivity contribution in [3.8, 4) is 0 Å². The van der Waals surface area contributed by atoms with Gasteiger partial charge in [-0.15, -0.1) is 0 Å². The lowest BCUT2D eigenvalue weighted by Gasteiger charge is -2.61. The summed E-state index contributed by atoms with van der Waals surface area (Å²) in [4.78, 5) is 38.2. The van der Waals surface area contributed by atoms with E-state index in [2.05, 4.69) is 27.7 Å². The Labute approximate surface area is 194 Å². The number of esters is 1. The minimum Gasteiger partial charge on any atom is -0.466 e. The molecule has 0 aromatic carbocycles. The normalized spacial score (nSPS) is 44.4. The van der Waals surface area contributed by atoms with Crippen LogP contribution in [0.1, 0.15) is 98.8 Å². The van der Waals surface area contributed by atoms with Crippen molar-refractivity contribution < 1.29 is 19.1 Å². The van der Waals surface area contributed by atoms with Crippen LogP contribution in [0.2, 0.25) is 0 Å². The first-order chi connectivity index (χ1) is 15.2. The van der Waals surface area contributed by atoms with Gasteiger partial charge in [-0.05, 0) is 92.3 Å². The lowest BCUT2D eigenvalue weighted by atomic mass is 9.42. The van der Waals surface area contributed by atoms with Gasteiger partial charge in [-0.1, -0.05) is 27.7 Å². The molecule has 4 aliphatic rings. The summed E-state index contributed by atoms with van der Waals surface area (Å²) < 4.78 is 5.16. The van der Waals surface area contributed by atoms with Crippen LogP contribution < -0.4 is 0 Å². The molecule has 4 heteroatoms. The minimum absolute atomic E-state index is 0.0631. The minimum atomic E-state index is -0.0817. The Hall–Kier alpha value is -1.19. The Bertz CT molecular complexity index is 759. The highest BCUT2D eigenvalue weighted by Crippen LogP contribution is 2.68. The first-order valence-electron chi connectivity index (χ1n) is 13.4. The maximum absolute atomic E-state index is 14.0. The number of Topliss-reactive ketones (excluding diaryl/α,β-unsaturated/α-hetero) is 2. The topological polar surface area (TPSA) is 60.4 Å². The van der Waals surface area contributed by atoms with Crippen LogP contribution in [-0.4, -0.2) is 24.1 Å². The molecule has 0 saturated heterocycles. The number of hydrogen-bond donors (Lipinski definition) is 0. The average molecular weight is 445 g/mol. The van der Waals surface area contributed by atoms with E-state index in [0.717, 1.165) is 32.1 Å². The predicted octanol–water partition coefficient (Wildman–Crippen LogP) is 6.01. The molecule has 180 valence electrons. The van der Waals surface area contributed by atoms with Crippen molar-refractivity contribution in [1.82, 2.24) is 0 Å². The molecule has 0 radical (unpaired) electrons. The first-order valence-corrected chi connectivity index (χ1v) is 13.4. The van der Waals surface area contributed by atoms with Crippen LogP contribution in [-0.2, 0) is 19.1 Å². The Balaban J connectivity index is 1.57. The summed E-state index contributed by atoms with van der Waals surface area (Å²) in [6.45, 7) is 11.7. The largest absolute Gasteiger partial charge is 0.466 e. The van der Waals surface area contributed by atoms with Gasteiger partial charge in [0.25, 0.3) is 0 Å². The molecule has 4 fully saturated rings. The van der Waals surface area contributed by atoms with Gasteiger partial charge in [0.1, 0.15) is 11.6 Å². The van der Waals surface area contributed by atoms with Crippen LogP contribution in [0.15, 0.2) is 0 Å². The zero-order chi connectivity index (χ0) is 23.3. The van der Waals surface area contributed by atoms with E-state index in [1.54, 1.807) is 0 Å². The van der Waals surface area contributed by atoms with Crippen LogP contribution in [0.3, 0.4) is 0 Å². The maximum atomic E-state index is 14.0. The first kappa shape index (κ1) is 24.0. The molecule has 0 aromatic rings. The Morgan fingerprint density at radius 2 is 1.75 bits per heavy atom. The summed E-state index contributed by atoms with van der Waals surface area (Å²) in [5.74, 6) is 3.24. The Kier molecular flexibility index (Phi) is 6.64. The van der Waals surface area contributed by atoms with Crippen LogP contribution in [0.4, 0.5) is 0 Å². The summed E-state index contributed by atoms with van der Waals surface area (Å²) in [5.41, 5.74) is 0.332. The van der Waals surface area contributed by atoms with E-state index in [1.165, 1.54) is 12.8 Å². The molecule has 0 N–H and O–H groups in total. The highest BCUT2D eigenvalue weighted by atomic mass is 16.5. The van der Waals surface area contributed by atoms with Crippen molar-refractivity contribution in [1.29, 1.82) is 0 Å². The van der Waals surface area contributed by atoms with E-state index in [4.69, 9.17) is 4.74 Å². The molecule has 4 aliphatic carbocycles. The monoisotopic (exact) mass is 444 g/mol. The number of fused-ring (bicyclic) bond motifs is 5. The Morgan fingerprint density at radius 3 is 2.44 bits per heavy atom. The molecule has 0 aliphatic heterocycles. The molecule has 0 bridgehead atoms. The van der Waals surface area contributed by atoms with Gasteiger partial charge < -0.3 is 4.74 Å². The van der Waals surface area contributed by atoms with Crippen LogP contribution in [0.25, 0.3) is 0 Å². The number of carbonyl (C=O) groups excluding carboxylic acids is 3. The SMILES string of the molecule is CCOC(=O)CC[C@@H](C)C1CCC2C3C(=O)[C@H](CC)C4CC(=O)CC[C@]4(C)C3CC[C@@]21C. The van der Waals surface area contributed by atoms with Crippen LogP contribution in [0, 0.1) is 52.3 Å². The van der Waals surface area contributed by atoms with Gasteiger partial charge in [-0.25, -0.2) is 0 Å². The summed E-state index contributed by atoms with van der Waals surface area (Å²) in [6, 6.07) is 0. The molecule has 32 heavy (non-hydrogen) atoms. The third kappa shape index (κ3) is 3.68. The van der Waals surface area contributed by atoms with E-state index >= 15 is 0 Å². The lowest BCUT2D eigenvalue weighted by Crippen LogP contribution is -2.60. The quantitative estimate of drug-likeness (QED) is 0.471. The molecule has 4 rings (SSSR count). The highest BCUT2D eigenvalue weighted by molar-refractivity contribution is 5.88. The molecule has 5 unspecified atom stereocenters. The zero-order valence-electron chi connectivity index (χ0n) is 21.0. The summed E-state index contributed by atoms with van der Waals surface area (Å²) in [6.07, 6.45) is 9.20. The van der Waals surface area contributed by atoms with Crippen LogP contribution in [0.5, 0.6) is 0 Å². The summed E-state index contributed by atoms with van der Waals surface area (Å²) in [7, 11) is 0. The van der Waals surface area contributed by atoms with Gasteiger partial charge in [0.15, 0.2) is 0 Å². The fraction of sp³-hybridized carbons (Fsp3) is 0.893. The summed E-state index contributed by atoms with van der Waals surface area (Å²) in [5, 5.41) is 0. The van der Waals surface area contributed by atoms with Gasteiger partial charge in [0.2, 0.25) is 0 Å². The van der Waals surface area contributed by atoms with Crippen molar-refractivity contribution in [3.05, 3.63) is 0 Å². The fourth-order valence-corrected chi connectivity index (χ4v) is 9.20. The van der Waals surface area contributed by atoms with E-state index in [9.17, 15) is 14.4 Å². The maximum Gasteiger partial charge on any atom is 0.305 e. The molecule has 0 spiro atoms. The number of ether oxygens (including phenoxy) is 1. The smallest absolute Gasteiger partial charge is 0.305 e. The standard InChI is InChI=1S/C28H44O4/c1-6-19-23-16-18(29)12-14-28(23,5)22-13-15-27(4)20(9-10-21(27)25(22)26(19)31)17(3)8-11-24(30)32-7-2/h17,19-23,25H,6-16H2,1-5H3/t17-,19-,20?,21?,22?,23?,25?,27-,28-/m1/s1. The van der Waals surface area contributed by atoms with Crippen molar-refractivity contribution in [2.24, 2.45) is 52.3 Å². The average Bonchev–Trinajstić information content (AvgIpc) is 3.11. The van der Waals surface area contributed by atoms with Gasteiger partial charge in [0.05, 0.1) is 6.61 Å².